The Balaban J connectivity index is 1.73. The van der Waals surface area contributed by atoms with Gasteiger partial charge in [-0.15, -0.1) is 5.10 Å². The molecular weight excluding hydrogens is 320 g/mol. The highest BCUT2D eigenvalue weighted by atomic mass is 16.3. The van der Waals surface area contributed by atoms with Gasteiger partial charge in [-0.25, -0.2) is 4.68 Å². The largest absolute Gasteiger partial charge is 0.450 e. The topological polar surface area (TPSA) is 84.4 Å². The monoisotopic (exact) mass is 340 g/mol. The van der Waals surface area contributed by atoms with Crippen LogP contribution in [0, 0.1) is 20.8 Å². The number of hydrogen-bond acceptors (Lipinski definition) is 5. The van der Waals surface area contributed by atoms with Crippen LogP contribution in [0.15, 0.2) is 16.5 Å². The number of carbonyl (C=O) groups excluding carboxylic acids is 1. The number of aliphatic hydroxyl groups excluding tert-OH is 1. The lowest BCUT2D eigenvalue weighted by Crippen LogP contribution is -2.38. The molecule has 0 radical (unpaired) electrons. The van der Waals surface area contributed by atoms with Crippen molar-refractivity contribution in [3.05, 3.63) is 46.0 Å². The molecule has 0 bridgehead atoms. The minimum atomic E-state index is -0.181. The van der Waals surface area contributed by atoms with Crippen molar-refractivity contribution in [1.29, 1.82) is 0 Å². The zero-order chi connectivity index (χ0) is 17.7. The second kappa shape index (κ2) is 5.70. The summed E-state index contributed by atoms with van der Waals surface area (Å²) in [4.78, 5) is 14.8. The van der Waals surface area contributed by atoms with Gasteiger partial charge in [0.15, 0.2) is 5.76 Å². The van der Waals surface area contributed by atoms with E-state index in [0.29, 0.717) is 31.1 Å². The van der Waals surface area contributed by atoms with E-state index < -0.39 is 0 Å². The summed E-state index contributed by atoms with van der Waals surface area (Å²) < 4.78 is 7.72. The molecule has 0 spiro atoms. The van der Waals surface area contributed by atoms with Crippen molar-refractivity contribution in [2.45, 2.75) is 40.5 Å². The van der Waals surface area contributed by atoms with E-state index in [9.17, 15) is 9.90 Å². The predicted molar refractivity (Wildman–Crippen MR) is 91.1 cm³/mol. The molecule has 0 saturated heterocycles. The summed E-state index contributed by atoms with van der Waals surface area (Å²) in [5.74, 6) is 0.253. The Morgan fingerprint density at radius 2 is 2.00 bits per heavy atom. The van der Waals surface area contributed by atoms with E-state index in [1.165, 1.54) is 0 Å². The van der Waals surface area contributed by atoms with Crippen LogP contribution in [-0.4, -0.2) is 37.5 Å². The molecule has 0 atom stereocenters. The van der Waals surface area contributed by atoms with Gasteiger partial charge in [-0.05, 0) is 31.9 Å². The van der Waals surface area contributed by atoms with Crippen LogP contribution in [-0.2, 0) is 19.7 Å². The maximum Gasteiger partial charge on any atom is 0.290 e. The van der Waals surface area contributed by atoms with Crippen molar-refractivity contribution in [1.82, 2.24) is 19.9 Å². The summed E-state index contributed by atoms with van der Waals surface area (Å²) >= 11 is 0. The number of benzene rings is 1. The molecule has 3 aromatic rings. The van der Waals surface area contributed by atoms with Crippen molar-refractivity contribution in [2.75, 3.05) is 6.54 Å². The number of aliphatic hydroxyl groups is 1. The molecule has 0 unspecified atom stereocenters. The fraction of sp³-hybridized carbons (Fsp3) is 0.389. The molecule has 0 saturated carbocycles. The number of aromatic nitrogens is 3. The van der Waals surface area contributed by atoms with Gasteiger partial charge < -0.3 is 14.4 Å². The average molecular weight is 340 g/mol. The molecule has 1 aliphatic rings. The van der Waals surface area contributed by atoms with Gasteiger partial charge in [0.1, 0.15) is 11.3 Å². The van der Waals surface area contributed by atoms with E-state index in [1.807, 2.05) is 32.9 Å². The van der Waals surface area contributed by atoms with Gasteiger partial charge >= 0.3 is 0 Å². The van der Waals surface area contributed by atoms with Crippen molar-refractivity contribution in [3.8, 4) is 0 Å². The molecule has 7 nitrogen and oxygen atoms in total. The minimum absolute atomic E-state index is 0.135. The summed E-state index contributed by atoms with van der Waals surface area (Å²) in [5, 5.41) is 18.4. The molecule has 1 N–H and O–H groups in total. The Hall–Kier alpha value is -2.67. The van der Waals surface area contributed by atoms with Gasteiger partial charge in [-0.2, -0.15) is 0 Å². The van der Waals surface area contributed by atoms with E-state index in [2.05, 4.69) is 10.3 Å². The first-order valence-electron chi connectivity index (χ1n) is 8.32. The van der Waals surface area contributed by atoms with Gasteiger partial charge in [0.25, 0.3) is 5.91 Å². The third-order valence-corrected chi connectivity index (χ3v) is 4.95. The van der Waals surface area contributed by atoms with Crippen LogP contribution in [0.2, 0.25) is 0 Å². The third kappa shape index (κ3) is 2.34. The number of rotatable bonds is 2. The smallest absolute Gasteiger partial charge is 0.290 e. The summed E-state index contributed by atoms with van der Waals surface area (Å²) in [5.41, 5.74) is 5.07. The Kier molecular flexibility index (Phi) is 3.61. The zero-order valence-electron chi connectivity index (χ0n) is 14.5. The van der Waals surface area contributed by atoms with E-state index in [4.69, 9.17) is 4.42 Å². The first-order valence-corrected chi connectivity index (χ1v) is 8.32. The standard InChI is InChI=1S/C18H20N4O3/c1-10-4-5-11(2)16-15(10)12(3)17(25-16)18(24)21-6-7-22-14(8-21)13(9-23)19-20-22/h4-5,23H,6-9H2,1-3H3. The molecule has 3 heterocycles. The molecule has 1 aliphatic heterocycles. The van der Waals surface area contributed by atoms with Crippen molar-refractivity contribution < 1.29 is 14.3 Å². The minimum Gasteiger partial charge on any atom is -0.450 e. The van der Waals surface area contributed by atoms with E-state index in [0.717, 1.165) is 33.4 Å². The molecule has 25 heavy (non-hydrogen) atoms. The summed E-state index contributed by atoms with van der Waals surface area (Å²) in [6.07, 6.45) is 0. The Labute approximate surface area is 144 Å². The Morgan fingerprint density at radius 1 is 1.24 bits per heavy atom. The molecular formula is C18H20N4O3. The number of carbonyl (C=O) groups is 1. The average Bonchev–Trinajstić information content (AvgIpc) is 3.18. The molecule has 1 amide bonds. The van der Waals surface area contributed by atoms with Crippen molar-refractivity contribution >= 4 is 16.9 Å². The van der Waals surface area contributed by atoms with Gasteiger partial charge in [0, 0.05) is 17.5 Å². The highest BCUT2D eigenvalue weighted by molar-refractivity contribution is 6.00. The van der Waals surface area contributed by atoms with Crippen LogP contribution in [0.4, 0.5) is 0 Å². The van der Waals surface area contributed by atoms with E-state index in [1.54, 1.807) is 9.58 Å². The van der Waals surface area contributed by atoms with Crippen molar-refractivity contribution in [2.24, 2.45) is 0 Å². The fourth-order valence-corrected chi connectivity index (χ4v) is 3.52. The molecule has 1 aromatic carbocycles. The first-order chi connectivity index (χ1) is 12.0. The Morgan fingerprint density at radius 3 is 2.72 bits per heavy atom. The number of nitrogens with zero attached hydrogens (tertiary/aromatic N) is 4. The van der Waals surface area contributed by atoms with Crippen molar-refractivity contribution in [3.63, 3.8) is 0 Å². The van der Waals surface area contributed by atoms with Crippen LogP contribution >= 0.6 is 0 Å². The van der Waals surface area contributed by atoms with Crippen LogP contribution in [0.1, 0.15) is 38.6 Å². The lowest BCUT2D eigenvalue weighted by Gasteiger charge is -2.27. The molecule has 130 valence electrons. The number of fused-ring (bicyclic) bond motifs is 2. The summed E-state index contributed by atoms with van der Waals surface area (Å²) in [6, 6.07) is 4.06. The molecule has 4 rings (SSSR count). The highest BCUT2D eigenvalue weighted by Gasteiger charge is 2.29. The lowest BCUT2D eigenvalue weighted by molar-refractivity contribution is 0.0673. The maximum absolute atomic E-state index is 13.1. The van der Waals surface area contributed by atoms with Crippen LogP contribution in [0.25, 0.3) is 11.0 Å². The quantitative estimate of drug-likeness (QED) is 0.772. The van der Waals surface area contributed by atoms with E-state index in [-0.39, 0.29) is 12.5 Å². The summed E-state index contributed by atoms with van der Waals surface area (Å²) in [6.45, 7) is 7.23. The van der Waals surface area contributed by atoms with Gasteiger partial charge in [0.2, 0.25) is 0 Å². The van der Waals surface area contributed by atoms with Gasteiger partial charge in [0.05, 0.1) is 25.4 Å². The second-order valence-corrected chi connectivity index (χ2v) is 6.55. The zero-order valence-corrected chi connectivity index (χ0v) is 14.5. The Bertz CT molecular complexity index is 973. The number of hydrogen-bond donors (Lipinski definition) is 1. The fourth-order valence-electron chi connectivity index (χ4n) is 3.52. The van der Waals surface area contributed by atoms with Crippen LogP contribution in [0.5, 0.6) is 0 Å². The number of aryl methyl sites for hydroxylation is 3. The SMILES string of the molecule is Cc1ccc(C)c2c(C)c(C(=O)N3CCn4nnc(CO)c4C3)oc12. The predicted octanol–water partition coefficient (Wildman–Crippen LogP) is 2.10. The highest BCUT2D eigenvalue weighted by Crippen LogP contribution is 2.31. The number of furan rings is 1. The van der Waals surface area contributed by atoms with Crippen LogP contribution < -0.4 is 0 Å². The van der Waals surface area contributed by atoms with Gasteiger partial charge in [-0.3, -0.25) is 4.79 Å². The van der Waals surface area contributed by atoms with E-state index >= 15 is 0 Å². The molecule has 0 fully saturated rings. The molecule has 0 aliphatic carbocycles. The molecule has 2 aromatic heterocycles. The third-order valence-electron chi connectivity index (χ3n) is 4.95. The second-order valence-electron chi connectivity index (χ2n) is 6.55. The first kappa shape index (κ1) is 15.8. The van der Waals surface area contributed by atoms with Gasteiger partial charge in [-0.1, -0.05) is 17.3 Å². The summed E-state index contributed by atoms with van der Waals surface area (Å²) in [7, 11) is 0. The number of amides is 1. The maximum atomic E-state index is 13.1. The normalized spacial score (nSPS) is 14.2. The molecule has 7 heteroatoms. The van der Waals surface area contributed by atoms with Crippen LogP contribution in [0.3, 0.4) is 0 Å². The lowest BCUT2D eigenvalue weighted by atomic mass is 10.0.